The predicted molar refractivity (Wildman–Crippen MR) is 62.0 cm³/mol. The van der Waals surface area contributed by atoms with E-state index < -0.39 is 0 Å². The number of hydrogen-bond acceptors (Lipinski definition) is 3. The Bertz CT molecular complexity index is 513. The third-order valence-corrected chi connectivity index (χ3v) is 2.47. The van der Waals surface area contributed by atoms with Gasteiger partial charge in [-0.1, -0.05) is 0 Å². The number of hydrogen-bond donors (Lipinski definition) is 1. The lowest BCUT2D eigenvalue weighted by Crippen LogP contribution is -2.27. The monoisotopic (exact) mass is 233 g/mol. The van der Waals surface area contributed by atoms with Crippen LogP contribution in [0.2, 0.25) is 0 Å². The molecule has 2 heterocycles. The van der Waals surface area contributed by atoms with Crippen LogP contribution in [0.3, 0.4) is 0 Å². The molecule has 0 radical (unpaired) electrons. The van der Waals surface area contributed by atoms with Crippen LogP contribution in [0.5, 0.6) is 0 Å². The maximum absolute atomic E-state index is 11.6. The highest BCUT2D eigenvalue weighted by Crippen LogP contribution is 1.97. The summed E-state index contributed by atoms with van der Waals surface area (Å²) in [6.07, 6.45) is 5.29. The molecule has 2 aromatic rings. The van der Waals surface area contributed by atoms with Crippen molar-refractivity contribution >= 4 is 5.91 Å². The first-order valence-electron chi connectivity index (χ1n) is 5.38. The molecule has 0 bridgehead atoms. The number of amides is 1. The SMILES string of the molecule is Cc1ccnn1CC(=O)NCc1cnn(C)c1. The molecule has 0 atom stereocenters. The molecule has 0 fully saturated rings. The van der Waals surface area contributed by atoms with E-state index >= 15 is 0 Å². The molecule has 2 rings (SSSR count). The largest absolute Gasteiger partial charge is 0.350 e. The van der Waals surface area contributed by atoms with Crippen LogP contribution in [0.25, 0.3) is 0 Å². The molecule has 0 unspecified atom stereocenters. The van der Waals surface area contributed by atoms with Gasteiger partial charge in [0.05, 0.1) is 6.20 Å². The van der Waals surface area contributed by atoms with Gasteiger partial charge in [0.2, 0.25) is 5.91 Å². The molecule has 0 aromatic carbocycles. The lowest BCUT2D eigenvalue weighted by molar-refractivity contribution is -0.122. The van der Waals surface area contributed by atoms with Gasteiger partial charge in [-0.05, 0) is 13.0 Å². The summed E-state index contributed by atoms with van der Waals surface area (Å²) in [6.45, 7) is 2.66. The molecule has 17 heavy (non-hydrogen) atoms. The number of nitrogens with one attached hydrogen (secondary N) is 1. The summed E-state index contributed by atoms with van der Waals surface area (Å²) in [4.78, 5) is 11.6. The van der Waals surface area contributed by atoms with Gasteiger partial charge in [-0.25, -0.2) is 0 Å². The van der Waals surface area contributed by atoms with Crippen molar-refractivity contribution in [3.63, 3.8) is 0 Å². The summed E-state index contributed by atoms with van der Waals surface area (Å²) >= 11 is 0. The minimum absolute atomic E-state index is 0.0550. The van der Waals surface area contributed by atoms with Crippen molar-refractivity contribution in [3.05, 3.63) is 35.9 Å². The van der Waals surface area contributed by atoms with E-state index in [4.69, 9.17) is 0 Å². The van der Waals surface area contributed by atoms with Crippen molar-refractivity contribution in [2.45, 2.75) is 20.0 Å². The van der Waals surface area contributed by atoms with E-state index in [1.807, 2.05) is 26.2 Å². The molecule has 1 N–H and O–H groups in total. The second-order valence-corrected chi connectivity index (χ2v) is 3.93. The first-order valence-corrected chi connectivity index (χ1v) is 5.38. The first kappa shape index (κ1) is 11.4. The highest BCUT2D eigenvalue weighted by molar-refractivity contribution is 5.75. The number of nitrogens with zero attached hydrogens (tertiary/aromatic N) is 4. The standard InChI is InChI=1S/C11H15N5O/c1-9-3-4-13-16(9)8-11(17)12-5-10-6-14-15(2)7-10/h3-4,6-7H,5,8H2,1-2H3,(H,12,17). The minimum atomic E-state index is -0.0550. The van der Waals surface area contributed by atoms with Gasteiger partial charge in [-0.15, -0.1) is 0 Å². The third-order valence-electron chi connectivity index (χ3n) is 2.47. The minimum Gasteiger partial charge on any atom is -0.350 e. The summed E-state index contributed by atoms with van der Waals surface area (Å²) in [5.74, 6) is -0.0550. The summed E-state index contributed by atoms with van der Waals surface area (Å²) < 4.78 is 3.37. The molecule has 0 aliphatic carbocycles. The van der Waals surface area contributed by atoms with E-state index in [9.17, 15) is 4.79 Å². The van der Waals surface area contributed by atoms with E-state index in [1.54, 1.807) is 21.8 Å². The van der Waals surface area contributed by atoms with Gasteiger partial charge >= 0.3 is 0 Å². The molecule has 0 saturated heterocycles. The molecule has 90 valence electrons. The maximum Gasteiger partial charge on any atom is 0.242 e. The highest BCUT2D eigenvalue weighted by Gasteiger charge is 2.05. The van der Waals surface area contributed by atoms with E-state index in [0.29, 0.717) is 6.54 Å². The van der Waals surface area contributed by atoms with Gasteiger partial charge in [0.15, 0.2) is 0 Å². The average Bonchev–Trinajstić information content (AvgIpc) is 2.86. The second kappa shape index (κ2) is 4.82. The molecular formula is C11H15N5O. The van der Waals surface area contributed by atoms with Crippen molar-refractivity contribution in [1.82, 2.24) is 24.9 Å². The Morgan fingerprint density at radius 3 is 2.88 bits per heavy atom. The van der Waals surface area contributed by atoms with Crippen molar-refractivity contribution in [2.24, 2.45) is 7.05 Å². The molecule has 0 aliphatic rings. The van der Waals surface area contributed by atoms with Crippen LogP contribution in [0, 0.1) is 6.92 Å². The van der Waals surface area contributed by atoms with Crippen molar-refractivity contribution in [1.29, 1.82) is 0 Å². The Morgan fingerprint density at radius 2 is 2.29 bits per heavy atom. The summed E-state index contributed by atoms with van der Waals surface area (Å²) in [5, 5.41) is 10.9. The Labute approximate surface area is 99.2 Å². The summed E-state index contributed by atoms with van der Waals surface area (Å²) in [6, 6.07) is 1.87. The zero-order valence-corrected chi connectivity index (χ0v) is 9.92. The number of carbonyl (C=O) groups excluding carboxylic acids is 1. The van der Waals surface area contributed by atoms with Gasteiger partial charge < -0.3 is 5.32 Å². The van der Waals surface area contributed by atoms with Gasteiger partial charge in [0.1, 0.15) is 6.54 Å². The fourth-order valence-corrected chi connectivity index (χ4v) is 1.52. The number of carbonyl (C=O) groups is 1. The van der Waals surface area contributed by atoms with E-state index in [0.717, 1.165) is 11.3 Å². The van der Waals surface area contributed by atoms with Crippen LogP contribution in [-0.2, 0) is 24.9 Å². The van der Waals surface area contributed by atoms with E-state index in [1.165, 1.54) is 0 Å². The van der Waals surface area contributed by atoms with Crippen LogP contribution in [0.15, 0.2) is 24.7 Å². The second-order valence-electron chi connectivity index (χ2n) is 3.93. The zero-order valence-electron chi connectivity index (χ0n) is 9.92. The van der Waals surface area contributed by atoms with Crippen LogP contribution in [0.4, 0.5) is 0 Å². The van der Waals surface area contributed by atoms with Crippen molar-refractivity contribution in [3.8, 4) is 0 Å². The fourth-order valence-electron chi connectivity index (χ4n) is 1.52. The molecule has 2 aromatic heterocycles. The van der Waals surface area contributed by atoms with Crippen LogP contribution >= 0.6 is 0 Å². The van der Waals surface area contributed by atoms with Crippen LogP contribution in [-0.4, -0.2) is 25.5 Å². The van der Waals surface area contributed by atoms with Crippen LogP contribution < -0.4 is 5.32 Å². The number of rotatable bonds is 4. The number of aromatic nitrogens is 4. The third kappa shape index (κ3) is 2.93. The van der Waals surface area contributed by atoms with E-state index in [2.05, 4.69) is 15.5 Å². The normalized spacial score (nSPS) is 10.5. The number of aryl methyl sites for hydroxylation is 2. The summed E-state index contributed by atoms with van der Waals surface area (Å²) in [5.41, 5.74) is 1.96. The Balaban J connectivity index is 1.84. The lowest BCUT2D eigenvalue weighted by atomic mass is 10.3. The summed E-state index contributed by atoms with van der Waals surface area (Å²) in [7, 11) is 1.85. The van der Waals surface area contributed by atoms with Crippen molar-refractivity contribution < 1.29 is 4.79 Å². The average molecular weight is 233 g/mol. The molecule has 6 heteroatoms. The molecule has 0 spiro atoms. The van der Waals surface area contributed by atoms with E-state index in [-0.39, 0.29) is 12.5 Å². The Hall–Kier alpha value is -2.11. The first-order chi connectivity index (χ1) is 8.15. The fraction of sp³-hybridized carbons (Fsp3) is 0.364. The quantitative estimate of drug-likeness (QED) is 0.822. The smallest absolute Gasteiger partial charge is 0.242 e. The van der Waals surface area contributed by atoms with Gasteiger partial charge in [0.25, 0.3) is 0 Å². The molecule has 0 saturated carbocycles. The molecule has 1 amide bonds. The maximum atomic E-state index is 11.6. The van der Waals surface area contributed by atoms with Gasteiger partial charge in [-0.2, -0.15) is 10.2 Å². The zero-order chi connectivity index (χ0) is 12.3. The van der Waals surface area contributed by atoms with Gasteiger partial charge in [0, 0.05) is 37.2 Å². The molecule has 0 aliphatic heterocycles. The predicted octanol–water partition coefficient (Wildman–Crippen LogP) is 0.241. The van der Waals surface area contributed by atoms with Gasteiger partial charge in [-0.3, -0.25) is 14.2 Å². The Morgan fingerprint density at radius 1 is 1.47 bits per heavy atom. The van der Waals surface area contributed by atoms with Crippen LogP contribution in [0.1, 0.15) is 11.3 Å². The molecule has 6 nitrogen and oxygen atoms in total. The lowest BCUT2D eigenvalue weighted by Gasteiger charge is -2.05. The Kier molecular flexibility index (Phi) is 3.22. The molecular weight excluding hydrogens is 218 g/mol. The highest BCUT2D eigenvalue weighted by atomic mass is 16.2. The van der Waals surface area contributed by atoms with Crippen molar-refractivity contribution in [2.75, 3.05) is 0 Å². The topological polar surface area (TPSA) is 64.7 Å².